The van der Waals surface area contributed by atoms with Gasteiger partial charge in [-0.15, -0.1) is 10.2 Å². The van der Waals surface area contributed by atoms with Crippen LogP contribution in [-0.4, -0.2) is 26.5 Å². The van der Waals surface area contributed by atoms with Crippen LogP contribution in [0.25, 0.3) is 11.9 Å². The van der Waals surface area contributed by atoms with Gasteiger partial charge in [0.05, 0.1) is 6.20 Å². The van der Waals surface area contributed by atoms with Crippen molar-refractivity contribution in [1.82, 2.24) is 20.0 Å². The van der Waals surface area contributed by atoms with Gasteiger partial charge in [-0.3, -0.25) is 0 Å². The summed E-state index contributed by atoms with van der Waals surface area (Å²) in [4.78, 5) is 0. The number of nitrogens with zero attached hydrogens (tertiary/aromatic N) is 4. The van der Waals surface area contributed by atoms with E-state index in [9.17, 15) is 0 Å². The normalized spacial score (nSPS) is 11.2. The molecule has 0 aliphatic heterocycles. The van der Waals surface area contributed by atoms with Gasteiger partial charge in [0.1, 0.15) is 0 Å². The van der Waals surface area contributed by atoms with Gasteiger partial charge in [0, 0.05) is 11.8 Å². The third-order valence-electron chi connectivity index (χ3n) is 2.10. The lowest BCUT2D eigenvalue weighted by Crippen LogP contribution is -1.98. The van der Waals surface area contributed by atoms with Gasteiger partial charge < -0.3 is 5.73 Å². The van der Waals surface area contributed by atoms with Gasteiger partial charge in [-0.2, -0.15) is 5.10 Å². The van der Waals surface area contributed by atoms with Crippen molar-refractivity contribution in [2.75, 3.05) is 6.54 Å². The maximum absolute atomic E-state index is 5.66. The first-order chi connectivity index (χ1) is 8.29. The molecule has 0 atom stereocenters. The summed E-state index contributed by atoms with van der Waals surface area (Å²) in [6.07, 6.45) is 8.45. The van der Waals surface area contributed by atoms with Gasteiger partial charge in [-0.1, -0.05) is 23.8 Å². The third kappa shape index (κ3) is 3.12. The van der Waals surface area contributed by atoms with E-state index in [0.717, 1.165) is 12.0 Å². The van der Waals surface area contributed by atoms with Crippen molar-refractivity contribution in [2.24, 2.45) is 5.73 Å². The smallest absolute Gasteiger partial charge is 0.175 e. The Bertz CT molecular complexity index is 503. The van der Waals surface area contributed by atoms with Gasteiger partial charge in [0.15, 0.2) is 11.0 Å². The Morgan fingerprint density at radius 1 is 1.35 bits per heavy atom. The largest absolute Gasteiger partial charge is 0.330 e. The summed E-state index contributed by atoms with van der Waals surface area (Å²) in [6.45, 7) is 0.646. The number of aromatic nitrogens is 4. The molecule has 2 heterocycles. The molecule has 0 bridgehead atoms. The molecule has 0 spiro atoms. The van der Waals surface area contributed by atoms with E-state index in [0.29, 0.717) is 17.5 Å². The van der Waals surface area contributed by atoms with Gasteiger partial charge in [0.2, 0.25) is 0 Å². The molecule has 2 aromatic heterocycles. The SMILES string of the molecule is NCCC=Cc1cnn(-c2ccc(Cl)nn2)c1. The van der Waals surface area contributed by atoms with Crippen molar-refractivity contribution < 1.29 is 0 Å². The molecule has 6 heteroatoms. The number of hydrogen-bond acceptors (Lipinski definition) is 4. The van der Waals surface area contributed by atoms with E-state index >= 15 is 0 Å². The predicted molar refractivity (Wildman–Crippen MR) is 66.9 cm³/mol. The second-order valence-electron chi connectivity index (χ2n) is 3.41. The molecule has 17 heavy (non-hydrogen) atoms. The minimum Gasteiger partial charge on any atom is -0.330 e. The molecule has 0 unspecified atom stereocenters. The van der Waals surface area contributed by atoms with E-state index < -0.39 is 0 Å². The molecule has 0 amide bonds. The molecule has 2 rings (SSSR count). The van der Waals surface area contributed by atoms with Crippen LogP contribution < -0.4 is 5.73 Å². The van der Waals surface area contributed by atoms with Crippen LogP contribution >= 0.6 is 11.6 Å². The minimum absolute atomic E-state index is 0.365. The van der Waals surface area contributed by atoms with Gasteiger partial charge in [0.25, 0.3) is 0 Å². The van der Waals surface area contributed by atoms with Gasteiger partial charge in [-0.25, -0.2) is 4.68 Å². The Kier molecular flexibility index (Phi) is 3.85. The minimum atomic E-state index is 0.365. The summed E-state index contributed by atoms with van der Waals surface area (Å²) >= 11 is 5.66. The van der Waals surface area contributed by atoms with Crippen molar-refractivity contribution in [3.63, 3.8) is 0 Å². The Morgan fingerprint density at radius 2 is 2.24 bits per heavy atom. The number of halogens is 1. The second-order valence-corrected chi connectivity index (χ2v) is 3.80. The maximum atomic E-state index is 5.66. The van der Waals surface area contributed by atoms with E-state index in [1.165, 1.54) is 0 Å². The van der Waals surface area contributed by atoms with Crippen molar-refractivity contribution in [1.29, 1.82) is 0 Å². The molecular formula is C11H12ClN5. The van der Waals surface area contributed by atoms with Crippen LogP contribution in [0, 0.1) is 0 Å². The predicted octanol–water partition coefficient (Wildman–Crippen LogP) is 1.68. The summed E-state index contributed by atoms with van der Waals surface area (Å²) in [7, 11) is 0. The topological polar surface area (TPSA) is 69.6 Å². The Hall–Kier alpha value is -1.72. The first-order valence-electron chi connectivity index (χ1n) is 5.20. The average Bonchev–Trinajstić information content (AvgIpc) is 2.79. The van der Waals surface area contributed by atoms with Crippen LogP contribution in [0.3, 0.4) is 0 Å². The highest BCUT2D eigenvalue weighted by atomic mass is 35.5. The van der Waals surface area contributed by atoms with Crippen LogP contribution in [0.15, 0.2) is 30.6 Å². The van der Waals surface area contributed by atoms with Crippen LogP contribution in [0.5, 0.6) is 0 Å². The van der Waals surface area contributed by atoms with E-state index in [4.69, 9.17) is 17.3 Å². The molecule has 0 aromatic carbocycles. The fourth-order valence-corrected chi connectivity index (χ4v) is 1.40. The molecule has 0 saturated heterocycles. The molecule has 0 aliphatic rings. The Morgan fingerprint density at radius 3 is 2.94 bits per heavy atom. The lowest BCUT2D eigenvalue weighted by Gasteiger charge is -1.97. The number of rotatable bonds is 4. The van der Waals surface area contributed by atoms with E-state index in [1.54, 1.807) is 23.0 Å². The van der Waals surface area contributed by atoms with Gasteiger partial charge >= 0.3 is 0 Å². The molecular weight excluding hydrogens is 238 g/mol. The number of nitrogens with two attached hydrogens (primary N) is 1. The average molecular weight is 250 g/mol. The van der Waals surface area contributed by atoms with Crippen molar-refractivity contribution in [2.45, 2.75) is 6.42 Å². The first-order valence-corrected chi connectivity index (χ1v) is 5.58. The third-order valence-corrected chi connectivity index (χ3v) is 2.30. The highest BCUT2D eigenvalue weighted by Gasteiger charge is 2.00. The number of hydrogen-bond donors (Lipinski definition) is 1. The van der Waals surface area contributed by atoms with Crippen LogP contribution in [0.2, 0.25) is 5.15 Å². The molecule has 0 radical (unpaired) electrons. The zero-order chi connectivity index (χ0) is 12.1. The fourth-order valence-electron chi connectivity index (χ4n) is 1.29. The molecule has 0 fully saturated rings. The monoisotopic (exact) mass is 249 g/mol. The zero-order valence-electron chi connectivity index (χ0n) is 9.12. The van der Waals surface area contributed by atoms with Crippen molar-refractivity contribution in [3.8, 4) is 5.82 Å². The molecule has 2 aromatic rings. The van der Waals surface area contributed by atoms with Gasteiger partial charge in [-0.05, 0) is 25.1 Å². The Balaban J connectivity index is 2.15. The summed E-state index contributed by atoms with van der Waals surface area (Å²) in [6, 6.07) is 3.44. The molecule has 2 N–H and O–H groups in total. The van der Waals surface area contributed by atoms with Crippen LogP contribution in [0.1, 0.15) is 12.0 Å². The molecule has 0 saturated carbocycles. The standard InChI is InChI=1S/C11H12ClN5/c12-10-4-5-11(16-15-10)17-8-9(7-14-17)3-1-2-6-13/h1,3-5,7-8H,2,6,13H2. The highest BCUT2D eigenvalue weighted by molar-refractivity contribution is 6.29. The lowest BCUT2D eigenvalue weighted by molar-refractivity contribution is 0.814. The highest BCUT2D eigenvalue weighted by Crippen LogP contribution is 2.08. The van der Waals surface area contributed by atoms with Crippen LogP contribution in [0.4, 0.5) is 0 Å². The summed E-state index contributed by atoms with van der Waals surface area (Å²) in [5, 5.41) is 12.2. The van der Waals surface area contributed by atoms with Crippen molar-refractivity contribution in [3.05, 3.63) is 41.3 Å². The van der Waals surface area contributed by atoms with E-state index in [2.05, 4.69) is 15.3 Å². The zero-order valence-corrected chi connectivity index (χ0v) is 9.88. The molecule has 0 aliphatic carbocycles. The van der Waals surface area contributed by atoms with Crippen LogP contribution in [-0.2, 0) is 0 Å². The molecule has 5 nitrogen and oxygen atoms in total. The summed E-state index contributed by atoms with van der Waals surface area (Å²) in [5.74, 6) is 0.632. The fraction of sp³-hybridized carbons (Fsp3) is 0.182. The van der Waals surface area contributed by atoms with Crippen molar-refractivity contribution >= 4 is 17.7 Å². The summed E-state index contributed by atoms with van der Waals surface area (Å²) < 4.78 is 1.64. The lowest BCUT2D eigenvalue weighted by atomic mass is 10.3. The first kappa shape index (κ1) is 11.8. The van der Waals surface area contributed by atoms with E-state index in [-0.39, 0.29) is 0 Å². The molecule has 88 valence electrons. The summed E-state index contributed by atoms with van der Waals surface area (Å²) in [5.41, 5.74) is 6.40. The Labute approximate surface area is 104 Å². The van der Waals surface area contributed by atoms with E-state index in [1.807, 2.05) is 18.3 Å². The maximum Gasteiger partial charge on any atom is 0.175 e. The quantitative estimate of drug-likeness (QED) is 0.895. The second kappa shape index (κ2) is 5.56.